The largest absolute Gasteiger partial charge is 0.352 e. The molecule has 1 rings (SSSR count). The van der Waals surface area contributed by atoms with Gasteiger partial charge in [0.25, 0.3) is 0 Å². The van der Waals surface area contributed by atoms with Crippen LogP contribution in [0.25, 0.3) is 0 Å². The van der Waals surface area contributed by atoms with E-state index < -0.39 is 14.6 Å². The Morgan fingerprint density at radius 3 is 2.17 bits per heavy atom. The highest BCUT2D eigenvalue weighted by Crippen LogP contribution is 2.36. The minimum Gasteiger partial charge on any atom is -0.352 e. The predicted molar refractivity (Wildman–Crippen MR) is 73.1 cm³/mol. The second-order valence-corrected chi connectivity index (χ2v) is 7.95. The van der Waals surface area contributed by atoms with E-state index in [2.05, 4.69) is 19.2 Å². The highest BCUT2D eigenvalue weighted by Gasteiger charge is 2.50. The molecule has 0 aromatic heterocycles. The van der Waals surface area contributed by atoms with Crippen molar-refractivity contribution in [1.29, 1.82) is 0 Å². The molecule has 1 N–H and O–H groups in total. The summed E-state index contributed by atoms with van der Waals surface area (Å²) in [5.41, 5.74) is 0. The molecule has 1 aliphatic carbocycles. The summed E-state index contributed by atoms with van der Waals surface area (Å²) in [5.74, 6) is 0.0577. The molecule has 0 aliphatic heterocycles. The van der Waals surface area contributed by atoms with E-state index in [0.717, 1.165) is 19.3 Å². The van der Waals surface area contributed by atoms with Crippen LogP contribution < -0.4 is 5.32 Å². The number of carbonyl (C=O) groups excluding carboxylic acids is 1. The van der Waals surface area contributed by atoms with Gasteiger partial charge in [0, 0.05) is 12.3 Å². The van der Waals surface area contributed by atoms with Crippen molar-refractivity contribution in [1.82, 2.24) is 5.32 Å². The van der Waals surface area contributed by atoms with Gasteiger partial charge < -0.3 is 5.32 Å². The van der Waals surface area contributed by atoms with E-state index >= 15 is 0 Å². The topological polar surface area (TPSA) is 63.2 Å². The Balaban J connectivity index is 2.86. The van der Waals surface area contributed by atoms with Crippen LogP contribution in [-0.2, 0) is 14.6 Å². The van der Waals surface area contributed by atoms with Crippen molar-refractivity contribution in [3.8, 4) is 0 Å². The zero-order chi connectivity index (χ0) is 14.0. The van der Waals surface area contributed by atoms with Gasteiger partial charge in [0.15, 0.2) is 9.84 Å². The lowest BCUT2D eigenvalue weighted by molar-refractivity contribution is -0.124. The number of rotatable bonds is 5. The van der Waals surface area contributed by atoms with Gasteiger partial charge >= 0.3 is 0 Å². The van der Waals surface area contributed by atoms with Crippen molar-refractivity contribution >= 4 is 15.7 Å². The maximum atomic E-state index is 12.4. The number of hydrogen-bond donors (Lipinski definition) is 1. The summed E-state index contributed by atoms with van der Waals surface area (Å²) in [5, 5.41) is 2.90. The van der Waals surface area contributed by atoms with Crippen LogP contribution in [0.5, 0.6) is 0 Å². The minimum atomic E-state index is -3.35. The Morgan fingerprint density at radius 2 is 1.78 bits per heavy atom. The first-order valence-electron chi connectivity index (χ1n) is 6.75. The van der Waals surface area contributed by atoms with Gasteiger partial charge in [-0.3, -0.25) is 4.79 Å². The quantitative estimate of drug-likeness (QED) is 0.833. The van der Waals surface area contributed by atoms with Crippen molar-refractivity contribution in [2.75, 3.05) is 6.26 Å². The third-order valence-electron chi connectivity index (χ3n) is 4.39. The van der Waals surface area contributed by atoms with E-state index in [0.29, 0.717) is 18.8 Å². The van der Waals surface area contributed by atoms with Crippen molar-refractivity contribution in [3.05, 3.63) is 0 Å². The summed E-state index contributed by atoms with van der Waals surface area (Å²) in [6.07, 6.45) is 4.71. The first-order chi connectivity index (χ1) is 8.24. The third kappa shape index (κ3) is 2.87. The second kappa shape index (κ2) is 5.59. The van der Waals surface area contributed by atoms with Crippen LogP contribution in [0, 0.1) is 5.92 Å². The van der Waals surface area contributed by atoms with Gasteiger partial charge in [-0.05, 0) is 25.7 Å². The molecule has 0 aromatic rings. The first kappa shape index (κ1) is 15.5. The van der Waals surface area contributed by atoms with Gasteiger partial charge in [0.05, 0.1) is 0 Å². The molecule has 1 saturated carbocycles. The number of carbonyl (C=O) groups is 1. The Morgan fingerprint density at radius 1 is 1.28 bits per heavy atom. The molecule has 18 heavy (non-hydrogen) atoms. The molecule has 106 valence electrons. The summed E-state index contributed by atoms with van der Waals surface area (Å²) in [7, 11) is -3.35. The third-order valence-corrected chi connectivity index (χ3v) is 6.40. The maximum absolute atomic E-state index is 12.4. The van der Waals surface area contributed by atoms with E-state index in [4.69, 9.17) is 0 Å². The minimum absolute atomic E-state index is 0.0155. The maximum Gasteiger partial charge on any atom is 0.241 e. The summed E-state index contributed by atoms with van der Waals surface area (Å²) in [6, 6.07) is 0.0155. The molecule has 2 atom stereocenters. The zero-order valence-corrected chi connectivity index (χ0v) is 12.6. The van der Waals surface area contributed by atoms with E-state index in [-0.39, 0.29) is 11.9 Å². The first-order valence-corrected chi connectivity index (χ1v) is 8.64. The SMILES string of the molecule is CCC(C)C(C)NC(=O)C1(S(C)(=O)=O)CCCC1. The molecule has 0 bridgehead atoms. The fourth-order valence-electron chi connectivity index (χ4n) is 2.55. The molecule has 0 spiro atoms. The van der Waals surface area contributed by atoms with Gasteiger partial charge in [-0.15, -0.1) is 0 Å². The molecular formula is C13H25NO3S. The smallest absolute Gasteiger partial charge is 0.241 e. The number of sulfone groups is 1. The molecular weight excluding hydrogens is 250 g/mol. The van der Waals surface area contributed by atoms with Crippen LogP contribution in [0.1, 0.15) is 52.9 Å². The average molecular weight is 275 g/mol. The Labute approximate surface area is 110 Å². The molecule has 5 heteroatoms. The molecule has 4 nitrogen and oxygen atoms in total. The van der Waals surface area contributed by atoms with Crippen LogP contribution in [0.15, 0.2) is 0 Å². The van der Waals surface area contributed by atoms with Gasteiger partial charge in [0.2, 0.25) is 5.91 Å². The molecule has 1 fully saturated rings. The molecule has 1 amide bonds. The van der Waals surface area contributed by atoms with Gasteiger partial charge in [0.1, 0.15) is 4.75 Å². The van der Waals surface area contributed by atoms with Crippen molar-refractivity contribution in [3.63, 3.8) is 0 Å². The lowest BCUT2D eigenvalue weighted by Crippen LogP contribution is -2.53. The summed E-state index contributed by atoms with van der Waals surface area (Å²) < 4.78 is 22.7. The van der Waals surface area contributed by atoms with Crippen molar-refractivity contribution in [2.24, 2.45) is 5.92 Å². The molecule has 0 saturated heterocycles. The number of nitrogens with one attached hydrogen (secondary N) is 1. The Hall–Kier alpha value is -0.580. The highest BCUT2D eigenvalue weighted by atomic mass is 32.2. The van der Waals surface area contributed by atoms with Gasteiger partial charge in [-0.2, -0.15) is 0 Å². The molecule has 0 aromatic carbocycles. The fraction of sp³-hybridized carbons (Fsp3) is 0.923. The summed E-state index contributed by atoms with van der Waals surface area (Å²) in [6.45, 7) is 6.07. The van der Waals surface area contributed by atoms with E-state index in [9.17, 15) is 13.2 Å². The molecule has 1 aliphatic rings. The van der Waals surface area contributed by atoms with E-state index in [1.165, 1.54) is 6.26 Å². The highest BCUT2D eigenvalue weighted by molar-refractivity contribution is 7.92. The van der Waals surface area contributed by atoms with E-state index in [1.807, 2.05) is 6.92 Å². The average Bonchev–Trinajstić information content (AvgIpc) is 2.77. The molecule has 2 unspecified atom stereocenters. The second-order valence-electron chi connectivity index (χ2n) is 5.62. The normalized spacial score (nSPS) is 22.4. The van der Waals surface area contributed by atoms with Crippen LogP contribution in [0.4, 0.5) is 0 Å². The molecule has 0 heterocycles. The van der Waals surface area contributed by atoms with Gasteiger partial charge in [-0.1, -0.05) is 33.1 Å². The fourth-order valence-corrected chi connectivity index (χ4v) is 3.97. The van der Waals surface area contributed by atoms with Crippen molar-refractivity contribution in [2.45, 2.75) is 63.7 Å². The lowest BCUT2D eigenvalue weighted by Gasteiger charge is -2.29. The Bertz CT molecular complexity index is 396. The number of hydrogen-bond acceptors (Lipinski definition) is 3. The lowest BCUT2D eigenvalue weighted by atomic mass is 9.99. The van der Waals surface area contributed by atoms with Crippen molar-refractivity contribution < 1.29 is 13.2 Å². The van der Waals surface area contributed by atoms with Crippen LogP contribution in [0.2, 0.25) is 0 Å². The Kier molecular flexibility index (Phi) is 4.81. The monoisotopic (exact) mass is 275 g/mol. The summed E-state index contributed by atoms with van der Waals surface area (Å²) in [4.78, 5) is 12.4. The van der Waals surface area contributed by atoms with Gasteiger partial charge in [-0.25, -0.2) is 8.42 Å². The molecule has 0 radical (unpaired) electrons. The predicted octanol–water partition coefficient (Wildman–Crippen LogP) is 1.89. The zero-order valence-electron chi connectivity index (χ0n) is 11.8. The summed E-state index contributed by atoms with van der Waals surface area (Å²) >= 11 is 0. The van der Waals surface area contributed by atoms with Crippen LogP contribution in [0.3, 0.4) is 0 Å². The van der Waals surface area contributed by atoms with Crippen LogP contribution in [-0.4, -0.2) is 31.4 Å². The van der Waals surface area contributed by atoms with E-state index in [1.54, 1.807) is 0 Å². The number of amides is 1. The standard InChI is InChI=1S/C13H25NO3S/c1-5-10(2)11(3)14-12(15)13(18(4,16)17)8-6-7-9-13/h10-11H,5-9H2,1-4H3,(H,14,15). The van der Waals surface area contributed by atoms with Crippen LogP contribution >= 0.6 is 0 Å².